The Bertz CT molecular complexity index is 798. The second-order valence-corrected chi connectivity index (χ2v) is 8.64. The summed E-state index contributed by atoms with van der Waals surface area (Å²) in [5, 5.41) is 8.98. The lowest BCUT2D eigenvalue weighted by Crippen LogP contribution is -2.42. The van der Waals surface area contributed by atoms with Crippen LogP contribution in [0.1, 0.15) is 57.1 Å². The third-order valence-electron chi connectivity index (χ3n) is 4.75. The van der Waals surface area contributed by atoms with Crippen molar-refractivity contribution in [1.29, 1.82) is 5.26 Å². The average Bonchev–Trinajstić information content (AvgIpc) is 2.59. The smallest absolute Gasteiger partial charge is 0.264 e. The largest absolute Gasteiger partial charge is 0.365 e. The van der Waals surface area contributed by atoms with Gasteiger partial charge in [0.25, 0.3) is 15.9 Å². The molecular formula is C19H26N2O4S. The molecule has 1 saturated carbocycles. The minimum Gasteiger partial charge on any atom is -0.365 e. The summed E-state index contributed by atoms with van der Waals surface area (Å²) in [5.41, 5.74) is 0.697. The third kappa shape index (κ3) is 5.05. The van der Waals surface area contributed by atoms with Gasteiger partial charge < -0.3 is 4.74 Å². The zero-order valence-electron chi connectivity index (χ0n) is 15.5. The number of benzene rings is 1. The summed E-state index contributed by atoms with van der Waals surface area (Å²) in [7, 11) is -4.06. The SMILES string of the molecule is CC[C@H](O[C@@H]1CCC[C@H](C)C1)C(=O)NS(=O)(=O)c1cc(C#N)ccc1C. The van der Waals surface area contributed by atoms with Gasteiger partial charge >= 0.3 is 0 Å². The van der Waals surface area contributed by atoms with Crippen LogP contribution in [0.15, 0.2) is 23.1 Å². The first-order valence-electron chi connectivity index (χ1n) is 8.99. The number of carbonyl (C=O) groups excluding carboxylic acids is 1. The quantitative estimate of drug-likeness (QED) is 0.821. The van der Waals surface area contributed by atoms with Gasteiger partial charge in [0.2, 0.25) is 0 Å². The van der Waals surface area contributed by atoms with E-state index >= 15 is 0 Å². The second kappa shape index (κ2) is 8.65. The number of hydrogen-bond acceptors (Lipinski definition) is 5. The highest BCUT2D eigenvalue weighted by Gasteiger charge is 2.29. The zero-order chi connectivity index (χ0) is 19.3. The van der Waals surface area contributed by atoms with E-state index in [2.05, 4.69) is 11.6 Å². The van der Waals surface area contributed by atoms with Crippen LogP contribution in [0.5, 0.6) is 0 Å². The van der Waals surface area contributed by atoms with Crippen molar-refractivity contribution in [3.05, 3.63) is 29.3 Å². The number of hydrogen-bond donors (Lipinski definition) is 1. The Morgan fingerprint density at radius 3 is 2.77 bits per heavy atom. The fourth-order valence-electron chi connectivity index (χ4n) is 3.29. The molecule has 1 N–H and O–H groups in total. The molecule has 1 fully saturated rings. The predicted molar refractivity (Wildman–Crippen MR) is 97.8 cm³/mol. The standard InChI is InChI=1S/C19H26N2O4S/c1-4-17(25-16-7-5-6-13(2)10-16)19(22)21-26(23,24)18-11-15(12-20)9-8-14(18)3/h8-9,11,13,16-17H,4-7,10H2,1-3H3,(H,21,22)/t13-,16+,17-/m0/s1. The Kier molecular flexibility index (Phi) is 6.79. The van der Waals surface area contributed by atoms with Crippen molar-refractivity contribution < 1.29 is 17.9 Å². The summed E-state index contributed by atoms with van der Waals surface area (Å²) in [4.78, 5) is 12.4. The molecule has 1 aromatic carbocycles. The highest BCUT2D eigenvalue weighted by atomic mass is 32.2. The lowest BCUT2D eigenvalue weighted by Gasteiger charge is -2.29. The number of nitriles is 1. The summed E-state index contributed by atoms with van der Waals surface area (Å²) in [6.07, 6.45) is 3.57. The highest BCUT2D eigenvalue weighted by molar-refractivity contribution is 7.90. The van der Waals surface area contributed by atoms with Crippen LogP contribution < -0.4 is 4.72 Å². The van der Waals surface area contributed by atoms with Crippen LogP contribution in [0, 0.1) is 24.2 Å². The van der Waals surface area contributed by atoms with E-state index in [1.54, 1.807) is 26.0 Å². The summed E-state index contributed by atoms with van der Waals surface area (Å²) in [6.45, 7) is 5.58. The number of amides is 1. The molecule has 1 aliphatic carbocycles. The molecule has 0 aromatic heterocycles. The first-order valence-corrected chi connectivity index (χ1v) is 10.5. The molecule has 0 bridgehead atoms. The summed E-state index contributed by atoms with van der Waals surface area (Å²) < 4.78 is 33.2. The van der Waals surface area contributed by atoms with Gasteiger partial charge in [-0.05, 0) is 49.8 Å². The maximum atomic E-state index is 12.6. The molecule has 0 aliphatic heterocycles. The maximum absolute atomic E-state index is 12.6. The van der Waals surface area contributed by atoms with Crippen molar-refractivity contribution in [2.24, 2.45) is 5.92 Å². The first-order chi connectivity index (χ1) is 12.3. The van der Waals surface area contributed by atoms with Gasteiger partial charge in [-0.2, -0.15) is 5.26 Å². The van der Waals surface area contributed by atoms with Gasteiger partial charge in [0.1, 0.15) is 6.10 Å². The molecule has 1 aromatic rings. The molecule has 142 valence electrons. The Labute approximate surface area is 155 Å². The topological polar surface area (TPSA) is 96.3 Å². The Balaban J connectivity index is 2.12. The molecular weight excluding hydrogens is 352 g/mol. The molecule has 26 heavy (non-hydrogen) atoms. The Morgan fingerprint density at radius 2 is 2.15 bits per heavy atom. The lowest BCUT2D eigenvalue weighted by molar-refractivity contribution is -0.137. The normalized spacial score (nSPS) is 21.6. The fourth-order valence-corrected chi connectivity index (χ4v) is 4.57. The highest BCUT2D eigenvalue weighted by Crippen LogP contribution is 2.27. The van der Waals surface area contributed by atoms with Crippen LogP contribution in [0.3, 0.4) is 0 Å². The molecule has 0 unspecified atom stereocenters. The molecule has 2 rings (SSSR count). The average molecular weight is 378 g/mol. The van der Waals surface area contributed by atoms with Crippen molar-refractivity contribution in [1.82, 2.24) is 4.72 Å². The molecule has 1 amide bonds. The van der Waals surface area contributed by atoms with Gasteiger partial charge in [-0.3, -0.25) is 4.79 Å². The van der Waals surface area contributed by atoms with Gasteiger partial charge in [0.05, 0.1) is 22.6 Å². The van der Waals surface area contributed by atoms with Crippen LogP contribution >= 0.6 is 0 Å². The van der Waals surface area contributed by atoms with Gasteiger partial charge in [0.15, 0.2) is 0 Å². The summed E-state index contributed by atoms with van der Waals surface area (Å²) in [5.74, 6) is -0.109. The molecule has 6 nitrogen and oxygen atoms in total. The van der Waals surface area contributed by atoms with Gasteiger partial charge in [-0.1, -0.05) is 32.8 Å². The Hall–Kier alpha value is -1.91. The van der Waals surface area contributed by atoms with Gasteiger partial charge in [0, 0.05) is 0 Å². The van der Waals surface area contributed by atoms with Crippen molar-refractivity contribution in [2.45, 2.75) is 70.0 Å². The van der Waals surface area contributed by atoms with Crippen molar-refractivity contribution >= 4 is 15.9 Å². The van der Waals surface area contributed by atoms with E-state index in [-0.39, 0.29) is 16.6 Å². The minimum absolute atomic E-state index is 0.0131. The number of carbonyl (C=O) groups is 1. The van der Waals surface area contributed by atoms with Gasteiger partial charge in [-0.25, -0.2) is 13.1 Å². The van der Waals surface area contributed by atoms with E-state index in [9.17, 15) is 13.2 Å². The molecule has 0 spiro atoms. The van der Waals surface area contributed by atoms with Crippen molar-refractivity contribution in [3.63, 3.8) is 0 Å². The molecule has 7 heteroatoms. The van der Waals surface area contributed by atoms with E-state index in [1.807, 2.05) is 6.07 Å². The zero-order valence-corrected chi connectivity index (χ0v) is 16.3. The van der Waals surface area contributed by atoms with Crippen LogP contribution in [0.2, 0.25) is 0 Å². The molecule has 1 aliphatic rings. The molecule has 3 atom stereocenters. The number of rotatable bonds is 6. The van der Waals surface area contributed by atoms with E-state index in [4.69, 9.17) is 10.00 Å². The number of nitrogens with one attached hydrogen (secondary N) is 1. The monoisotopic (exact) mass is 378 g/mol. The van der Waals surface area contributed by atoms with E-state index in [1.165, 1.54) is 6.07 Å². The number of nitrogens with zero attached hydrogens (tertiary/aromatic N) is 1. The van der Waals surface area contributed by atoms with Crippen LogP contribution in [0.25, 0.3) is 0 Å². The maximum Gasteiger partial charge on any atom is 0.264 e. The lowest BCUT2D eigenvalue weighted by atomic mass is 9.88. The van der Waals surface area contributed by atoms with Crippen molar-refractivity contribution in [3.8, 4) is 6.07 Å². The third-order valence-corrected chi connectivity index (χ3v) is 6.24. The minimum atomic E-state index is -4.06. The summed E-state index contributed by atoms with van der Waals surface area (Å²) in [6, 6.07) is 6.27. The Morgan fingerprint density at radius 1 is 1.42 bits per heavy atom. The summed E-state index contributed by atoms with van der Waals surface area (Å²) >= 11 is 0. The van der Waals surface area contributed by atoms with E-state index in [0.717, 1.165) is 25.7 Å². The molecule has 0 heterocycles. The number of ether oxygens (including phenoxy) is 1. The van der Waals surface area contributed by atoms with Crippen LogP contribution in [0.4, 0.5) is 0 Å². The fraction of sp³-hybridized carbons (Fsp3) is 0.579. The number of sulfonamides is 1. The first kappa shape index (κ1) is 20.4. The van der Waals surface area contributed by atoms with E-state index < -0.39 is 22.0 Å². The van der Waals surface area contributed by atoms with Gasteiger partial charge in [-0.15, -0.1) is 0 Å². The van der Waals surface area contributed by atoms with Crippen LogP contribution in [-0.2, 0) is 19.6 Å². The predicted octanol–water partition coefficient (Wildman–Crippen LogP) is 3.05. The van der Waals surface area contributed by atoms with E-state index in [0.29, 0.717) is 17.9 Å². The molecule has 0 radical (unpaired) electrons. The second-order valence-electron chi connectivity index (χ2n) is 6.99. The molecule has 0 saturated heterocycles. The van der Waals surface area contributed by atoms with Crippen molar-refractivity contribution in [2.75, 3.05) is 0 Å². The number of aryl methyl sites for hydroxylation is 1. The van der Waals surface area contributed by atoms with Crippen LogP contribution in [-0.4, -0.2) is 26.5 Å².